The Kier molecular flexibility index (Phi) is 4.56. The first-order chi connectivity index (χ1) is 9.77. The van der Waals surface area contributed by atoms with Gasteiger partial charge in [0.05, 0.1) is 5.56 Å². The van der Waals surface area contributed by atoms with Crippen LogP contribution in [-0.4, -0.2) is 28.6 Å². The third-order valence-electron chi connectivity index (χ3n) is 3.90. The molecule has 0 aromatic heterocycles. The first-order valence-electron chi connectivity index (χ1n) is 6.90. The smallest absolute Gasteiger partial charge is 0.416 e. The Morgan fingerprint density at radius 2 is 2.14 bits per heavy atom. The number of carboxylic acid groups (broad SMARTS) is 1. The zero-order valence-electron chi connectivity index (χ0n) is 11.7. The molecule has 1 aliphatic heterocycles. The van der Waals surface area contributed by atoms with E-state index in [1.807, 2.05) is 6.92 Å². The van der Waals surface area contributed by atoms with Crippen molar-refractivity contribution in [3.05, 3.63) is 35.4 Å². The molecule has 2 rings (SSSR count). The average molecular weight is 301 g/mol. The summed E-state index contributed by atoms with van der Waals surface area (Å²) in [6, 6.07) is 4.46. The van der Waals surface area contributed by atoms with Crippen LogP contribution < -0.4 is 0 Å². The molecule has 0 bridgehead atoms. The summed E-state index contributed by atoms with van der Waals surface area (Å²) >= 11 is 0. The lowest BCUT2D eigenvalue weighted by Crippen LogP contribution is -2.46. The Bertz CT molecular complexity index is 516. The van der Waals surface area contributed by atoms with Crippen LogP contribution in [0.3, 0.4) is 0 Å². The van der Waals surface area contributed by atoms with Crippen molar-refractivity contribution in [2.24, 2.45) is 5.92 Å². The minimum atomic E-state index is -4.38. The van der Waals surface area contributed by atoms with Crippen LogP contribution in [0.15, 0.2) is 24.3 Å². The van der Waals surface area contributed by atoms with Crippen molar-refractivity contribution in [2.45, 2.75) is 38.5 Å². The molecular formula is C15H18F3NO2. The number of piperidine rings is 1. The maximum Gasteiger partial charge on any atom is 0.416 e. The minimum Gasteiger partial charge on any atom is -0.480 e. The number of halogens is 3. The lowest BCUT2D eigenvalue weighted by molar-refractivity contribution is -0.145. The average Bonchev–Trinajstić information content (AvgIpc) is 2.40. The normalized spacial score (nSPS) is 24.0. The van der Waals surface area contributed by atoms with Crippen molar-refractivity contribution in [2.75, 3.05) is 6.54 Å². The van der Waals surface area contributed by atoms with Crippen LogP contribution in [0.2, 0.25) is 0 Å². The van der Waals surface area contributed by atoms with Crippen molar-refractivity contribution in [3.8, 4) is 0 Å². The second-order valence-electron chi connectivity index (χ2n) is 5.65. The molecule has 1 fully saturated rings. The van der Waals surface area contributed by atoms with Crippen LogP contribution in [0, 0.1) is 5.92 Å². The Morgan fingerprint density at radius 3 is 2.76 bits per heavy atom. The zero-order chi connectivity index (χ0) is 15.6. The van der Waals surface area contributed by atoms with E-state index in [-0.39, 0.29) is 6.54 Å². The molecule has 1 N–H and O–H groups in total. The van der Waals surface area contributed by atoms with Gasteiger partial charge in [-0.05, 0) is 36.9 Å². The van der Waals surface area contributed by atoms with E-state index >= 15 is 0 Å². The highest BCUT2D eigenvalue weighted by Crippen LogP contribution is 2.30. The van der Waals surface area contributed by atoms with Gasteiger partial charge in [0.25, 0.3) is 0 Å². The maximum atomic E-state index is 12.7. The number of aliphatic carboxylic acids is 1. The van der Waals surface area contributed by atoms with E-state index in [1.165, 1.54) is 6.07 Å². The van der Waals surface area contributed by atoms with E-state index in [4.69, 9.17) is 0 Å². The quantitative estimate of drug-likeness (QED) is 0.930. The molecule has 116 valence electrons. The molecule has 1 heterocycles. The zero-order valence-corrected chi connectivity index (χ0v) is 11.7. The third kappa shape index (κ3) is 3.97. The summed E-state index contributed by atoms with van der Waals surface area (Å²) in [6.07, 6.45) is -2.98. The highest BCUT2D eigenvalue weighted by atomic mass is 19.4. The highest BCUT2D eigenvalue weighted by Gasteiger charge is 2.33. The molecule has 1 aromatic rings. The fraction of sp³-hybridized carbons (Fsp3) is 0.533. The van der Waals surface area contributed by atoms with Gasteiger partial charge in [-0.1, -0.05) is 25.1 Å². The molecule has 0 amide bonds. The molecule has 2 atom stereocenters. The molecule has 21 heavy (non-hydrogen) atoms. The van der Waals surface area contributed by atoms with E-state index in [1.54, 1.807) is 11.0 Å². The van der Waals surface area contributed by atoms with Gasteiger partial charge in [-0.25, -0.2) is 0 Å². The van der Waals surface area contributed by atoms with Crippen molar-refractivity contribution in [1.29, 1.82) is 0 Å². The fourth-order valence-corrected chi connectivity index (χ4v) is 2.72. The van der Waals surface area contributed by atoms with Crippen LogP contribution in [0.5, 0.6) is 0 Å². The van der Waals surface area contributed by atoms with Gasteiger partial charge < -0.3 is 5.11 Å². The SMILES string of the molecule is CC1CCN(Cc2cccc(C(F)(F)F)c2)C(C(=O)O)C1. The number of carbonyl (C=O) groups is 1. The molecule has 1 saturated heterocycles. The summed E-state index contributed by atoms with van der Waals surface area (Å²) in [4.78, 5) is 13.1. The number of benzene rings is 1. The largest absolute Gasteiger partial charge is 0.480 e. The van der Waals surface area contributed by atoms with Crippen molar-refractivity contribution in [3.63, 3.8) is 0 Å². The van der Waals surface area contributed by atoms with E-state index in [0.717, 1.165) is 18.6 Å². The summed E-state index contributed by atoms with van der Waals surface area (Å²) in [6.45, 7) is 2.82. The van der Waals surface area contributed by atoms with E-state index in [2.05, 4.69) is 0 Å². The molecular weight excluding hydrogens is 283 g/mol. The Morgan fingerprint density at radius 1 is 1.43 bits per heavy atom. The lowest BCUT2D eigenvalue weighted by atomic mass is 9.92. The Labute approximate surface area is 121 Å². The highest BCUT2D eigenvalue weighted by molar-refractivity contribution is 5.73. The van der Waals surface area contributed by atoms with Crippen LogP contribution in [0.4, 0.5) is 13.2 Å². The second kappa shape index (κ2) is 6.05. The van der Waals surface area contributed by atoms with Gasteiger partial charge in [0, 0.05) is 6.54 Å². The number of hydrogen-bond donors (Lipinski definition) is 1. The van der Waals surface area contributed by atoms with E-state index < -0.39 is 23.8 Å². The van der Waals surface area contributed by atoms with E-state index in [0.29, 0.717) is 24.4 Å². The Balaban J connectivity index is 2.15. The van der Waals surface area contributed by atoms with Gasteiger partial charge in [0.1, 0.15) is 6.04 Å². The van der Waals surface area contributed by atoms with Crippen LogP contribution >= 0.6 is 0 Å². The van der Waals surface area contributed by atoms with Gasteiger partial charge in [-0.15, -0.1) is 0 Å². The molecule has 0 aliphatic carbocycles. The third-order valence-corrected chi connectivity index (χ3v) is 3.90. The first kappa shape index (κ1) is 15.8. The number of hydrogen-bond acceptors (Lipinski definition) is 2. The molecule has 0 saturated carbocycles. The molecule has 0 radical (unpaired) electrons. The molecule has 0 spiro atoms. The van der Waals surface area contributed by atoms with Gasteiger partial charge in [-0.3, -0.25) is 9.69 Å². The van der Waals surface area contributed by atoms with Crippen LogP contribution in [-0.2, 0) is 17.5 Å². The first-order valence-corrected chi connectivity index (χ1v) is 6.90. The van der Waals surface area contributed by atoms with Crippen molar-refractivity contribution < 1.29 is 23.1 Å². The van der Waals surface area contributed by atoms with Gasteiger partial charge in [0.2, 0.25) is 0 Å². The summed E-state index contributed by atoms with van der Waals surface area (Å²) in [7, 11) is 0. The summed E-state index contributed by atoms with van der Waals surface area (Å²) in [5.74, 6) is -0.586. The van der Waals surface area contributed by atoms with Gasteiger partial charge in [0.15, 0.2) is 0 Å². The molecule has 6 heteroatoms. The number of rotatable bonds is 3. The van der Waals surface area contributed by atoms with Crippen LogP contribution in [0.25, 0.3) is 0 Å². The summed E-state index contributed by atoms with van der Waals surface area (Å²) in [5.41, 5.74) is -0.206. The van der Waals surface area contributed by atoms with Gasteiger partial charge >= 0.3 is 12.1 Å². The van der Waals surface area contributed by atoms with Crippen molar-refractivity contribution in [1.82, 2.24) is 4.90 Å². The maximum absolute atomic E-state index is 12.7. The fourth-order valence-electron chi connectivity index (χ4n) is 2.72. The number of nitrogens with zero attached hydrogens (tertiary/aromatic N) is 1. The number of likely N-dealkylation sites (tertiary alicyclic amines) is 1. The predicted molar refractivity (Wildman–Crippen MR) is 71.7 cm³/mol. The Hall–Kier alpha value is -1.56. The summed E-state index contributed by atoms with van der Waals surface area (Å²) < 4.78 is 38.1. The van der Waals surface area contributed by atoms with Crippen molar-refractivity contribution >= 4 is 5.97 Å². The topological polar surface area (TPSA) is 40.5 Å². The van der Waals surface area contributed by atoms with Gasteiger partial charge in [-0.2, -0.15) is 13.2 Å². The van der Waals surface area contributed by atoms with Crippen LogP contribution in [0.1, 0.15) is 30.9 Å². The molecule has 3 nitrogen and oxygen atoms in total. The predicted octanol–water partition coefficient (Wildman–Crippen LogP) is 3.39. The summed E-state index contributed by atoms with van der Waals surface area (Å²) in [5, 5.41) is 9.27. The lowest BCUT2D eigenvalue weighted by Gasteiger charge is -2.36. The molecule has 1 aromatic carbocycles. The second-order valence-corrected chi connectivity index (χ2v) is 5.65. The van der Waals surface area contributed by atoms with E-state index in [9.17, 15) is 23.1 Å². The number of alkyl halides is 3. The standard InChI is InChI=1S/C15H18F3NO2/c1-10-5-6-19(13(7-10)14(20)21)9-11-3-2-4-12(8-11)15(16,17)18/h2-4,8,10,13H,5-7,9H2,1H3,(H,20,21). The molecule has 2 unspecified atom stereocenters. The minimum absolute atomic E-state index is 0.230. The molecule has 1 aliphatic rings. The number of carboxylic acids is 1. The monoisotopic (exact) mass is 301 g/mol.